The molecule has 0 saturated heterocycles. The lowest BCUT2D eigenvalue weighted by Gasteiger charge is -2.05. The van der Waals surface area contributed by atoms with Crippen molar-refractivity contribution >= 4 is 0 Å². The summed E-state index contributed by atoms with van der Waals surface area (Å²) in [6.07, 6.45) is 0. The maximum atomic E-state index is 13.1. The highest BCUT2D eigenvalue weighted by Gasteiger charge is 2.01. The van der Waals surface area contributed by atoms with Gasteiger partial charge >= 0.3 is 0 Å². The summed E-state index contributed by atoms with van der Waals surface area (Å²) >= 11 is 0. The zero-order valence-electron chi connectivity index (χ0n) is 8.98. The smallest absolute Gasteiger partial charge is 0.219 e. The van der Waals surface area contributed by atoms with Crippen LogP contribution in [0.1, 0.15) is 11.1 Å². The average Bonchev–Trinajstić information content (AvgIpc) is 2.32. The summed E-state index contributed by atoms with van der Waals surface area (Å²) < 4.78 is 18.5. The first-order chi connectivity index (χ1) is 7.75. The van der Waals surface area contributed by atoms with E-state index in [0.717, 1.165) is 5.56 Å². The molecule has 1 aromatic carbocycles. The lowest BCUT2D eigenvalue weighted by molar-refractivity contribution is 0.289. The monoisotopic (exact) mass is 217 g/mol. The quantitative estimate of drug-likeness (QED) is 0.737. The minimum atomic E-state index is -0.481. The largest absolute Gasteiger partial charge is 0.473 e. The molecule has 0 radical (unpaired) electrons. The van der Waals surface area contributed by atoms with Gasteiger partial charge in [0, 0.05) is 11.6 Å². The van der Waals surface area contributed by atoms with Crippen LogP contribution < -0.4 is 4.74 Å². The first-order valence-corrected chi connectivity index (χ1v) is 5.05. The lowest BCUT2D eigenvalue weighted by atomic mass is 10.2. The summed E-state index contributed by atoms with van der Waals surface area (Å²) in [4.78, 5) is 3.70. The normalized spacial score (nSPS) is 10.1. The van der Waals surface area contributed by atoms with Crippen molar-refractivity contribution < 1.29 is 9.13 Å². The second-order valence-corrected chi connectivity index (χ2v) is 3.53. The number of aryl methyl sites for hydroxylation is 1. The molecular weight excluding hydrogens is 205 g/mol. The van der Waals surface area contributed by atoms with Crippen LogP contribution in [-0.2, 0) is 6.61 Å². The molecule has 0 aliphatic rings. The minimum absolute atomic E-state index is 0.312. The van der Waals surface area contributed by atoms with E-state index in [9.17, 15) is 4.39 Å². The molecule has 16 heavy (non-hydrogen) atoms. The van der Waals surface area contributed by atoms with E-state index in [2.05, 4.69) is 4.98 Å². The number of ether oxygens (including phenoxy) is 1. The van der Waals surface area contributed by atoms with E-state index in [-0.39, 0.29) is 0 Å². The van der Waals surface area contributed by atoms with Gasteiger partial charge in [0.25, 0.3) is 0 Å². The molecule has 0 aliphatic heterocycles. The van der Waals surface area contributed by atoms with Crippen LogP contribution in [0, 0.1) is 12.9 Å². The van der Waals surface area contributed by atoms with Gasteiger partial charge in [0.05, 0.1) is 0 Å². The number of rotatable bonds is 3. The van der Waals surface area contributed by atoms with Crippen molar-refractivity contribution in [3.05, 3.63) is 59.5 Å². The number of halogens is 1. The van der Waals surface area contributed by atoms with Crippen molar-refractivity contribution in [3.63, 3.8) is 0 Å². The van der Waals surface area contributed by atoms with E-state index in [1.165, 1.54) is 0 Å². The molecule has 2 nitrogen and oxygen atoms in total. The second-order valence-electron chi connectivity index (χ2n) is 3.53. The Kier molecular flexibility index (Phi) is 3.15. The fraction of sp³-hybridized carbons (Fsp3) is 0.154. The van der Waals surface area contributed by atoms with E-state index >= 15 is 0 Å². The van der Waals surface area contributed by atoms with E-state index in [4.69, 9.17) is 4.74 Å². The van der Waals surface area contributed by atoms with E-state index in [1.54, 1.807) is 19.1 Å². The molecule has 2 aromatic rings. The highest BCUT2D eigenvalue weighted by Crippen LogP contribution is 2.12. The Balaban J connectivity index is 2.03. The molecule has 2 rings (SSSR count). The Bertz CT molecular complexity index is 471. The third kappa shape index (κ3) is 2.57. The van der Waals surface area contributed by atoms with E-state index in [0.29, 0.717) is 18.1 Å². The molecule has 1 aromatic heterocycles. The lowest BCUT2D eigenvalue weighted by Crippen LogP contribution is -1.98. The summed E-state index contributed by atoms with van der Waals surface area (Å²) in [5.41, 5.74) is 1.55. The Morgan fingerprint density at radius 2 is 1.88 bits per heavy atom. The Morgan fingerprint density at radius 3 is 2.56 bits per heavy atom. The van der Waals surface area contributed by atoms with Gasteiger partial charge in [-0.2, -0.15) is 9.37 Å². The van der Waals surface area contributed by atoms with Gasteiger partial charge in [0.2, 0.25) is 11.8 Å². The van der Waals surface area contributed by atoms with Crippen LogP contribution in [0.2, 0.25) is 0 Å². The van der Waals surface area contributed by atoms with Gasteiger partial charge in [-0.05, 0) is 18.6 Å². The number of hydrogen-bond donors (Lipinski definition) is 0. The fourth-order valence-electron chi connectivity index (χ4n) is 1.30. The SMILES string of the molecule is Cc1ccc(OCc2ccccc2)nc1F. The zero-order chi connectivity index (χ0) is 11.4. The predicted octanol–water partition coefficient (Wildman–Crippen LogP) is 3.11. The number of hydrogen-bond acceptors (Lipinski definition) is 2. The van der Waals surface area contributed by atoms with Gasteiger partial charge in [-0.15, -0.1) is 0 Å². The van der Waals surface area contributed by atoms with Crippen molar-refractivity contribution in [1.82, 2.24) is 4.98 Å². The summed E-state index contributed by atoms with van der Waals surface area (Å²) in [6.45, 7) is 2.07. The van der Waals surface area contributed by atoms with Crippen LogP contribution in [0.4, 0.5) is 4.39 Å². The van der Waals surface area contributed by atoms with E-state index in [1.807, 2.05) is 30.3 Å². The van der Waals surface area contributed by atoms with Crippen LogP contribution in [0.3, 0.4) is 0 Å². The van der Waals surface area contributed by atoms with Crippen LogP contribution in [-0.4, -0.2) is 4.98 Å². The van der Waals surface area contributed by atoms with Crippen molar-refractivity contribution in [1.29, 1.82) is 0 Å². The number of aromatic nitrogens is 1. The molecule has 0 atom stereocenters. The van der Waals surface area contributed by atoms with Crippen LogP contribution >= 0.6 is 0 Å². The fourth-order valence-corrected chi connectivity index (χ4v) is 1.30. The molecule has 0 spiro atoms. The summed E-state index contributed by atoms with van der Waals surface area (Å²) in [5.74, 6) is -0.169. The van der Waals surface area contributed by atoms with Gasteiger partial charge in [-0.3, -0.25) is 0 Å². The Labute approximate surface area is 93.7 Å². The van der Waals surface area contributed by atoms with Gasteiger partial charge in [0.15, 0.2) is 0 Å². The second kappa shape index (κ2) is 4.75. The van der Waals surface area contributed by atoms with Crippen LogP contribution in [0.25, 0.3) is 0 Å². The average molecular weight is 217 g/mol. The van der Waals surface area contributed by atoms with Crippen LogP contribution in [0.15, 0.2) is 42.5 Å². The van der Waals surface area contributed by atoms with Gasteiger partial charge in [-0.1, -0.05) is 30.3 Å². The van der Waals surface area contributed by atoms with Crippen LogP contribution in [0.5, 0.6) is 5.88 Å². The van der Waals surface area contributed by atoms with Gasteiger partial charge < -0.3 is 4.74 Å². The molecule has 0 bridgehead atoms. The summed E-state index contributed by atoms with van der Waals surface area (Å²) in [6, 6.07) is 13.0. The minimum Gasteiger partial charge on any atom is -0.473 e. The van der Waals surface area contributed by atoms with Crippen molar-refractivity contribution in [2.75, 3.05) is 0 Å². The summed E-state index contributed by atoms with van der Waals surface area (Å²) in [5, 5.41) is 0. The molecule has 0 N–H and O–H groups in total. The van der Waals surface area contributed by atoms with Crippen molar-refractivity contribution in [2.45, 2.75) is 13.5 Å². The highest BCUT2D eigenvalue weighted by atomic mass is 19.1. The van der Waals surface area contributed by atoms with Crippen molar-refractivity contribution in [2.24, 2.45) is 0 Å². The topological polar surface area (TPSA) is 22.1 Å². The Hall–Kier alpha value is -1.90. The van der Waals surface area contributed by atoms with Crippen molar-refractivity contribution in [3.8, 4) is 5.88 Å². The Morgan fingerprint density at radius 1 is 1.12 bits per heavy atom. The number of pyridine rings is 1. The maximum absolute atomic E-state index is 13.1. The molecule has 0 saturated carbocycles. The highest BCUT2D eigenvalue weighted by molar-refractivity contribution is 5.19. The molecule has 0 unspecified atom stereocenters. The van der Waals surface area contributed by atoms with E-state index < -0.39 is 5.95 Å². The molecule has 3 heteroatoms. The summed E-state index contributed by atoms with van der Waals surface area (Å²) in [7, 11) is 0. The number of benzene rings is 1. The molecule has 0 amide bonds. The molecule has 82 valence electrons. The molecule has 0 aliphatic carbocycles. The number of nitrogens with zero attached hydrogens (tertiary/aromatic N) is 1. The molecule has 0 fully saturated rings. The molecular formula is C13H12FNO. The third-order valence-corrected chi connectivity index (χ3v) is 2.24. The predicted molar refractivity (Wildman–Crippen MR) is 59.7 cm³/mol. The van der Waals surface area contributed by atoms with Gasteiger partial charge in [-0.25, -0.2) is 0 Å². The zero-order valence-corrected chi connectivity index (χ0v) is 8.98. The maximum Gasteiger partial charge on any atom is 0.219 e. The van der Waals surface area contributed by atoms with Gasteiger partial charge in [0.1, 0.15) is 6.61 Å². The third-order valence-electron chi connectivity index (χ3n) is 2.24. The molecule has 1 heterocycles. The first kappa shape index (κ1) is 10.6. The first-order valence-electron chi connectivity index (χ1n) is 5.05. The standard InChI is InChI=1S/C13H12FNO/c1-10-7-8-12(15-13(10)14)16-9-11-5-3-2-4-6-11/h2-8H,9H2,1H3.